The summed E-state index contributed by atoms with van der Waals surface area (Å²) >= 11 is 0. The number of rotatable bonds is 6. The Labute approximate surface area is 117 Å². The Balaban J connectivity index is 1.96. The number of ether oxygens (including phenoxy) is 1. The minimum absolute atomic E-state index is 0.161. The second-order valence-electron chi connectivity index (χ2n) is 5.30. The normalized spacial score (nSPS) is 17.1. The average molecular weight is 277 g/mol. The van der Waals surface area contributed by atoms with Crippen molar-refractivity contribution < 1.29 is 19.4 Å². The number of aliphatic carboxylic acids is 1. The number of carboxylic acids is 1. The lowest BCUT2D eigenvalue weighted by Gasteiger charge is -2.16. The van der Waals surface area contributed by atoms with E-state index in [0.29, 0.717) is 18.6 Å². The first kappa shape index (κ1) is 14.4. The van der Waals surface area contributed by atoms with Crippen molar-refractivity contribution in [1.82, 2.24) is 5.32 Å². The summed E-state index contributed by atoms with van der Waals surface area (Å²) in [7, 11) is 1.58. The van der Waals surface area contributed by atoms with Crippen LogP contribution in [0.15, 0.2) is 24.3 Å². The van der Waals surface area contributed by atoms with E-state index in [0.717, 1.165) is 5.56 Å². The second-order valence-corrected chi connectivity index (χ2v) is 5.30. The van der Waals surface area contributed by atoms with E-state index >= 15 is 0 Å². The first-order chi connectivity index (χ1) is 9.48. The molecule has 2 N–H and O–H groups in total. The van der Waals surface area contributed by atoms with E-state index in [4.69, 9.17) is 9.84 Å². The van der Waals surface area contributed by atoms with Gasteiger partial charge in [-0.2, -0.15) is 0 Å². The summed E-state index contributed by atoms with van der Waals surface area (Å²) in [5.74, 6) is -0.626. The van der Waals surface area contributed by atoms with E-state index in [-0.39, 0.29) is 18.4 Å². The number of hydrogen-bond acceptors (Lipinski definition) is 3. The first-order valence-electron chi connectivity index (χ1n) is 6.63. The van der Waals surface area contributed by atoms with E-state index in [1.165, 1.54) is 0 Å². The van der Waals surface area contributed by atoms with E-state index in [2.05, 4.69) is 5.32 Å². The smallest absolute Gasteiger partial charge is 0.311 e. The highest BCUT2D eigenvalue weighted by atomic mass is 16.5. The summed E-state index contributed by atoms with van der Waals surface area (Å²) in [5, 5.41) is 11.8. The van der Waals surface area contributed by atoms with Crippen LogP contribution in [0.3, 0.4) is 0 Å². The SMILES string of the molecule is COc1cccc(C(C)C(=O)NCC2(C(=O)O)CC2)c1. The van der Waals surface area contributed by atoms with Crippen molar-refractivity contribution in [2.24, 2.45) is 5.41 Å². The fraction of sp³-hybridized carbons (Fsp3) is 0.467. The quantitative estimate of drug-likeness (QED) is 0.831. The largest absolute Gasteiger partial charge is 0.497 e. The highest BCUT2D eigenvalue weighted by Crippen LogP contribution is 2.45. The lowest BCUT2D eigenvalue weighted by Crippen LogP contribution is -2.36. The number of carbonyl (C=O) groups excluding carboxylic acids is 1. The summed E-state index contributed by atoms with van der Waals surface area (Å²) in [6, 6.07) is 7.32. The third kappa shape index (κ3) is 2.92. The average Bonchev–Trinajstić information content (AvgIpc) is 3.25. The van der Waals surface area contributed by atoms with Crippen LogP contribution < -0.4 is 10.1 Å². The van der Waals surface area contributed by atoms with E-state index < -0.39 is 11.4 Å². The lowest BCUT2D eigenvalue weighted by molar-refractivity contribution is -0.143. The molecule has 1 atom stereocenters. The molecule has 0 aromatic heterocycles. The zero-order valence-corrected chi connectivity index (χ0v) is 11.7. The summed E-state index contributed by atoms with van der Waals surface area (Å²) in [5.41, 5.74) is 0.117. The monoisotopic (exact) mass is 277 g/mol. The Morgan fingerprint density at radius 3 is 2.70 bits per heavy atom. The molecule has 0 heterocycles. The van der Waals surface area contributed by atoms with Gasteiger partial charge < -0.3 is 15.2 Å². The van der Waals surface area contributed by atoms with E-state index in [1.807, 2.05) is 24.3 Å². The fourth-order valence-corrected chi connectivity index (χ4v) is 2.09. The van der Waals surface area contributed by atoms with Crippen LogP contribution in [0.5, 0.6) is 5.75 Å². The van der Waals surface area contributed by atoms with Gasteiger partial charge in [0.1, 0.15) is 5.75 Å². The number of amides is 1. The van der Waals surface area contributed by atoms with Crippen LogP contribution >= 0.6 is 0 Å². The number of carbonyl (C=O) groups is 2. The molecule has 1 saturated carbocycles. The van der Waals surface area contributed by atoms with Crippen molar-refractivity contribution in [3.05, 3.63) is 29.8 Å². The van der Waals surface area contributed by atoms with Gasteiger partial charge in [0.15, 0.2) is 0 Å². The number of nitrogens with one attached hydrogen (secondary N) is 1. The summed E-state index contributed by atoms with van der Waals surface area (Å²) in [6.45, 7) is 2.00. The van der Waals surface area contributed by atoms with Crippen molar-refractivity contribution in [3.8, 4) is 5.75 Å². The Morgan fingerprint density at radius 2 is 2.15 bits per heavy atom. The van der Waals surface area contributed by atoms with Crippen LogP contribution in [0.4, 0.5) is 0 Å². The molecule has 0 radical (unpaired) electrons. The molecule has 1 fully saturated rings. The molecule has 1 aliphatic carbocycles. The maximum atomic E-state index is 12.1. The van der Waals surface area contributed by atoms with Gasteiger partial charge in [0.25, 0.3) is 0 Å². The van der Waals surface area contributed by atoms with Gasteiger partial charge >= 0.3 is 5.97 Å². The third-order valence-electron chi connectivity index (χ3n) is 3.90. The highest BCUT2D eigenvalue weighted by Gasteiger charge is 2.50. The minimum Gasteiger partial charge on any atom is -0.497 e. The molecule has 2 rings (SSSR count). The van der Waals surface area contributed by atoms with Crippen molar-refractivity contribution >= 4 is 11.9 Å². The molecule has 1 aromatic rings. The Bertz CT molecular complexity index is 522. The molecule has 1 aromatic carbocycles. The number of benzene rings is 1. The molecule has 1 aliphatic rings. The molecular formula is C15H19NO4. The standard InChI is InChI=1S/C15H19NO4/c1-10(11-4-3-5-12(8-11)20-2)13(17)16-9-15(6-7-15)14(18)19/h3-5,8,10H,6-7,9H2,1-2H3,(H,16,17)(H,18,19). The fourth-order valence-electron chi connectivity index (χ4n) is 2.09. The second kappa shape index (κ2) is 5.53. The summed E-state index contributed by atoms with van der Waals surface area (Å²) in [6.07, 6.45) is 1.27. The van der Waals surface area contributed by atoms with Gasteiger partial charge in [-0.1, -0.05) is 12.1 Å². The van der Waals surface area contributed by atoms with Crippen LogP contribution in [0.1, 0.15) is 31.2 Å². The molecule has 5 heteroatoms. The predicted octanol–water partition coefficient (Wildman–Crippen LogP) is 1.78. The van der Waals surface area contributed by atoms with Crippen molar-refractivity contribution in [2.75, 3.05) is 13.7 Å². The molecule has 0 spiro atoms. The maximum absolute atomic E-state index is 12.1. The highest BCUT2D eigenvalue weighted by molar-refractivity contribution is 5.85. The van der Waals surface area contributed by atoms with Crippen LogP contribution in [0, 0.1) is 5.41 Å². The minimum atomic E-state index is -0.827. The molecule has 0 saturated heterocycles. The topological polar surface area (TPSA) is 75.6 Å². The van der Waals surface area contributed by atoms with Crippen molar-refractivity contribution in [3.63, 3.8) is 0 Å². The van der Waals surface area contributed by atoms with Crippen molar-refractivity contribution in [1.29, 1.82) is 0 Å². The molecule has 1 amide bonds. The van der Waals surface area contributed by atoms with E-state index in [9.17, 15) is 9.59 Å². The molecule has 20 heavy (non-hydrogen) atoms. The molecular weight excluding hydrogens is 258 g/mol. The van der Waals surface area contributed by atoms with Gasteiger partial charge in [-0.15, -0.1) is 0 Å². The third-order valence-corrected chi connectivity index (χ3v) is 3.90. The van der Waals surface area contributed by atoms with Crippen LogP contribution in [-0.4, -0.2) is 30.6 Å². The van der Waals surface area contributed by atoms with Gasteiger partial charge in [-0.3, -0.25) is 9.59 Å². The van der Waals surface area contributed by atoms with Gasteiger partial charge in [0.05, 0.1) is 18.4 Å². The van der Waals surface area contributed by atoms with Gasteiger partial charge in [0.2, 0.25) is 5.91 Å². The lowest BCUT2D eigenvalue weighted by atomic mass is 9.99. The molecule has 108 valence electrons. The maximum Gasteiger partial charge on any atom is 0.311 e. The number of hydrogen-bond donors (Lipinski definition) is 2. The Morgan fingerprint density at radius 1 is 1.45 bits per heavy atom. The predicted molar refractivity (Wildman–Crippen MR) is 73.7 cm³/mol. The Hall–Kier alpha value is -2.04. The number of carboxylic acid groups (broad SMARTS) is 1. The number of methoxy groups -OCH3 is 1. The van der Waals surface area contributed by atoms with Crippen LogP contribution in [-0.2, 0) is 9.59 Å². The summed E-state index contributed by atoms with van der Waals surface area (Å²) < 4.78 is 5.13. The van der Waals surface area contributed by atoms with Gasteiger partial charge in [0, 0.05) is 6.54 Å². The summed E-state index contributed by atoms with van der Waals surface area (Å²) in [4.78, 5) is 23.1. The van der Waals surface area contributed by atoms with E-state index in [1.54, 1.807) is 14.0 Å². The van der Waals surface area contributed by atoms with Crippen molar-refractivity contribution in [2.45, 2.75) is 25.7 Å². The zero-order valence-electron chi connectivity index (χ0n) is 11.7. The zero-order chi connectivity index (χ0) is 14.8. The van der Waals surface area contributed by atoms with Crippen LogP contribution in [0.2, 0.25) is 0 Å². The van der Waals surface area contributed by atoms with Gasteiger partial charge in [-0.05, 0) is 37.5 Å². The molecule has 1 unspecified atom stereocenters. The molecule has 5 nitrogen and oxygen atoms in total. The van der Waals surface area contributed by atoms with Crippen LogP contribution in [0.25, 0.3) is 0 Å². The van der Waals surface area contributed by atoms with Gasteiger partial charge in [-0.25, -0.2) is 0 Å². The first-order valence-corrected chi connectivity index (χ1v) is 6.63. The Kier molecular flexibility index (Phi) is 3.97. The molecule has 0 bridgehead atoms. The molecule has 0 aliphatic heterocycles.